The summed E-state index contributed by atoms with van der Waals surface area (Å²) in [4.78, 5) is 5.69. The highest BCUT2D eigenvalue weighted by molar-refractivity contribution is 7.16. The number of thiophene rings is 1. The fourth-order valence-electron chi connectivity index (χ4n) is 2.57. The van der Waals surface area contributed by atoms with Crippen molar-refractivity contribution in [2.24, 2.45) is 0 Å². The molecule has 0 bridgehead atoms. The molecule has 3 rings (SSSR count). The fourth-order valence-corrected chi connectivity index (χ4v) is 3.35. The lowest BCUT2D eigenvalue weighted by Gasteiger charge is -2.17. The van der Waals surface area contributed by atoms with Crippen molar-refractivity contribution in [1.82, 2.24) is 10.1 Å². The van der Waals surface area contributed by atoms with Crippen LogP contribution in [-0.4, -0.2) is 10.1 Å². The molecule has 0 radical (unpaired) electrons. The van der Waals surface area contributed by atoms with Crippen LogP contribution in [0.25, 0.3) is 11.5 Å². The molecule has 1 aliphatic rings. The molecule has 0 saturated heterocycles. The molecule has 0 amide bonds. The number of aromatic nitrogens is 2. The van der Waals surface area contributed by atoms with Gasteiger partial charge in [0.15, 0.2) is 5.82 Å². The minimum atomic E-state index is 0.470. The van der Waals surface area contributed by atoms with E-state index in [1.54, 1.807) is 11.3 Å². The Balaban J connectivity index is 1.86. The van der Waals surface area contributed by atoms with E-state index in [0.29, 0.717) is 11.8 Å². The maximum absolute atomic E-state index is 5.95. The maximum Gasteiger partial charge on any atom is 0.260 e. The number of nitrogens with two attached hydrogens (primary N) is 1. The first kappa shape index (κ1) is 11.7. The number of hydrogen-bond donors (Lipinski definition) is 1. The van der Waals surface area contributed by atoms with Gasteiger partial charge in [0.2, 0.25) is 0 Å². The van der Waals surface area contributed by atoms with Crippen LogP contribution in [0, 0.1) is 6.92 Å². The zero-order valence-corrected chi connectivity index (χ0v) is 11.3. The van der Waals surface area contributed by atoms with Crippen molar-refractivity contribution in [3.63, 3.8) is 0 Å². The number of rotatable bonds is 2. The van der Waals surface area contributed by atoms with E-state index in [2.05, 4.69) is 10.1 Å². The average molecular weight is 263 g/mol. The minimum Gasteiger partial charge on any atom is -0.390 e. The first-order chi connectivity index (χ1) is 8.74. The van der Waals surface area contributed by atoms with Crippen molar-refractivity contribution in [3.05, 3.63) is 16.8 Å². The molecule has 2 heterocycles. The number of nitrogen functional groups attached to an aromatic ring is 1. The fraction of sp³-hybridized carbons (Fsp3) is 0.538. The van der Waals surface area contributed by atoms with Crippen molar-refractivity contribution < 1.29 is 4.52 Å². The van der Waals surface area contributed by atoms with Gasteiger partial charge in [0.05, 0.1) is 10.6 Å². The average Bonchev–Trinajstić information content (AvgIpc) is 2.97. The standard InChI is InChI=1S/C13H17N3OS/c1-8-7-10(11(14)18-8)13-15-12(16-17-13)9-5-3-2-4-6-9/h7,9H,2-6,14H2,1H3. The van der Waals surface area contributed by atoms with Crippen molar-refractivity contribution in [2.45, 2.75) is 44.9 Å². The topological polar surface area (TPSA) is 64.9 Å². The molecule has 2 aromatic heterocycles. The van der Waals surface area contributed by atoms with Crippen molar-refractivity contribution in [2.75, 3.05) is 5.73 Å². The largest absolute Gasteiger partial charge is 0.390 e. The third kappa shape index (κ3) is 2.14. The van der Waals surface area contributed by atoms with Crippen LogP contribution in [0.15, 0.2) is 10.6 Å². The van der Waals surface area contributed by atoms with E-state index in [1.807, 2.05) is 13.0 Å². The summed E-state index contributed by atoms with van der Waals surface area (Å²) >= 11 is 1.56. The van der Waals surface area contributed by atoms with Gasteiger partial charge >= 0.3 is 0 Å². The molecule has 0 unspecified atom stereocenters. The zero-order chi connectivity index (χ0) is 12.5. The van der Waals surface area contributed by atoms with Crippen molar-refractivity contribution >= 4 is 16.3 Å². The Kier molecular flexibility index (Phi) is 3.07. The third-order valence-electron chi connectivity index (χ3n) is 3.53. The Morgan fingerprint density at radius 3 is 2.78 bits per heavy atom. The Labute approximate surface area is 110 Å². The van der Waals surface area contributed by atoms with Crippen LogP contribution >= 0.6 is 11.3 Å². The quantitative estimate of drug-likeness (QED) is 0.896. The molecule has 2 aromatic rings. The number of anilines is 1. The Morgan fingerprint density at radius 1 is 1.33 bits per heavy atom. The molecule has 0 aliphatic heterocycles. The van der Waals surface area contributed by atoms with Gasteiger partial charge in [-0.25, -0.2) is 0 Å². The maximum atomic E-state index is 5.95. The first-order valence-electron chi connectivity index (χ1n) is 6.44. The molecule has 2 N–H and O–H groups in total. The molecule has 0 aromatic carbocycles. The monoisotopic (exact) mass is 263 g/mol. The summed E-state index contributed by atoms with van der Waals surface area (Å²) in [7, 11) is 0. The molecule has 96 valence electrons. The van der Waals surface area contributed by atoms with Crippen LogP contribution in [0.4, 0.5) is 5.00 Å². The van der Waals surface area contributed by atoms with E-state index in [0.717, 1.165) is 16.4 Å². The highest BCUT2D eigenvalue weighted by Gasteiger charge is 2.22. The second-order valence-electron chi connectivity index (χ2n) is 4.93. The van der Waals surface area contributed by atoms with Gasteiger partial charge in [0.1, 0.15) is 0 Å². The van der Waals surface area contributed by atoms with Crippen molar-refractivity contribution in [3.8, 4) is 11.5 Å². The van der Waals surface area contributed by atoms with Gasteiger partial charge in [-0.2, -0.15) is 4.98 Å². The molecular formula is C13H17N3OS. The molecule has 4 nitrogen and oxygen atoms in total. The van der Waals surface area contributed by atoms with Crippen LogP contribution < -0.4 is 5.73 Å². The second-order valence-corrected chi connectivity index (χ2v) is 6.22. The SMILES string of the molecule is Cc1cc(-c2nc(C3CCCCC3)no2)c(N)s1. The molecule has 1 saturated carbocycles. The van der Waals surface area contributed by atoms with Gasteiger partial charge in [-0.3, -0.25) is 0 Å². The lowest BCUT2D eigenvalue weighted by atomic mass is 9.89. The van der Waals surface area contributed by atoms with Crippen LogP contribution in [-0.2, 0) is 0 Å². The summed E-state index contributed by atoms with van der Waals surface area (Å²) < 4.78 is 5.36. The third-order valence-corrected chi connectivity index (χ3v) is 4.41. The highest BCUT2D eigenvalue weighted by Crippen LogP contribution is 2.35. The van der Waals surface area contributed by atoms with Gasteiger partial charge in [-0.15, -0.1) is 11.3 Å². The summed E-state index contributed by atoms with van der Waals surface area (Å²) in [5, 5.41) is 4.89. The Hall–Kier alpha value is -1.36. The van der Waals surface area contributed by atoms with E-state index < -0.39 is 0 Å². The summed E-state index contributed by atoms with van der Waals surface area (Å²) in [6.45, 7) is 2.03. The summed E-state index contributed by atoms with van der Waals surface area (Å²) in [5.41, 5.74) is 6.83. The molecule has 1 aliphatic carbocycles. The molecule has 0 spiro atoms. The first-order valence-corrected chi connectivity index (χ1v) is 7.25. The van der Waals surface area contributed by atoms with E-state index >= 15 is 0 Å². The number of aryl methyl sites for hydroxylation is 1. The summed E-state index contributed by atoms with van der Waals surface area (Å²) in [5.74, 6) is 1.89. The second kappa shape index (κ2) is 4.72. The zero-order valence-electron chi connectivity index (χ0n) is 10.5. The molecule has 0 atom stereocenters. The lowest BCUT2D eigenvalue weighted by Crippen LogP contribution is -2.06. The smallest absolute Gasteiger partial charge is 0.260 e. The molecule has 18 heavy (non-hydrogen) atoms. The summed E-state index contributed by atoms with van der Waals surface area (Å²) in [6.07, 6.45) is 6.23. The predicted octanol–water partition coefficient (Wildman–Crippen LogP) is 3.74. The predicted molar refractivity (Wildman–Crippen MR) is 72.6 cm³/mol. The van der Waals surface area contributed by atoms with Gasteiger partial charge in [0, 0.05) is 10.8 Å². The van der Waals surface area contributed by atoms with Crippen LogP contribution in [0.5, 0.6) is 0 Å². The van der Waals surface area contributed by atoms with Crippen LogP contribution in [0.1, 0.15) is 48.7 Å². The van der Waals surface area contributed by atoms with Gasteiger partial charge in [-0.05, 0) is 25.8 Å². The van der Waals surface area contributed by atoms with E-state index in [9.17, 15) is 0 Å². The van der Waals surface area contributed by atoms with Gasteiger partial charge in [0.25, 0.3) is 5.89 Å². The number of hydrogen-bond acceptors (Lipinski definition) is 5. The summed E-state index contributed by atoms with van der Waals surface area (Å²) in [6, 6.07) is 2.01. The van der Waals surface area contributed by atoms with E-state index in [-0.39, 0.29) is 0 Å². The van der Waals surface area contributed by atoms with E-state index in [4.69, 9.17) is 10.3 Å². The molecular weight excluding hydrogens is 246 g/mol. The Bertz CT molecular complexity index is 540. The van der Waals surface area contributed by atoms with Crippen LogP contribution in [0.2, 0.25) is 0 Å². The molecule has 1 fully saturated rings. The highest BCUT2D eigenvalue weighted by atomic mass is 32.1. The Morgan fingerprint density at radius 2 is 2.11 bits per heavy atom. The number of nitrogens with zero attached hydrogens (tertiary/aromatic N) is 2. The lowest BCUT2D eigenvalue weighted by molar-refractivity contribution is 0.385. The molecule has 5 heteroatoms. The van der Waals surface area contributed by atoms with E-state index in [1.165, 1.54) is 37.0 Å². The normalized spacial score (nSPS) is 17.2. The minimum absolute atomic E-state index is 0.470. The van der Waals surface area contributed by atoms with Gasteiger partial charge in [-0.1, -0.05) is 24.4 Å². The van der Waals surface area contributed by atoms with Crippen LogP contribution in [0.3, 0.4) is 0 Å². The van der Waals surface area contributed by atoms with Crippen molar-refractivity contribution in [1.29, 1.82) is 0 Å². The van der Waals surface area contributed by atoms with Gasteiger partial charge < -0.3 is 10.3 Å².